The van der Waals surface area contributed by atoms with Crippen LogP contribution in [0.2, 0.25) is 0 Å². The van der Waals surface area contributed by atoms with Gasteiger partial charge in [-0.3, -0.25) is 0 Å². The van der Waals surface area contributed by atoms with E-state index in [9.17, 15) is 13.6 Å². The molecule has 1 rings (SSSR count). The number of carbonyl (C=O) groups is 1. The second kappa shape index (κ2) is 4.65. The Morgan fingerprint density at radius 1 is 1.40 bits per heavy atom. The molecule has 0 fully saturated rings. The number of nitrogens with two attached hydrogens (primary N) is 1. The minimum atomic E-state index is -1.37. The van der Waals surface area contributed by atoms with Gasteiger partial charge < -0.3 is 10.8 Å². The quantitative estimate of drug-likeness (QED) is 0.802. The molecule has 0 saturated carbocycles. The third-order valence-electron chi connectivity index (χ3n) is 1.75. The van der Waals surface area contributed by atoms with E-state index in [0.29, 0.717) is 0 Å². The molecule has 0 aliphatic carbocycles. The lowest BCUT2D eigenvalue weighted by molar-refractivity contribution is 0.0695. The molecule has 15 heavy (non-hydrogen) atoms. The van der Waals surface area contributed by atoms with Gasteiger partial charge in [0, 0.05) is 12.1 Å². The Hall–Kier alpha value is -1.75. The Morgan fingerprint density at radius 2 is 1.93 bits per heavy atom. The van der Waals surface area contributed by atoms with Crippen LogP contribution >= 0.6 is 0 Å². The van der Waals surface area contributed by atoms with Crippen LogP contribution in [0.25, 0.3) is 6.08 Å². The number of benzene rings is 1. The first-order valence-corrected chi connectivity index (χ1v) is 4.15. The van der Waals surface area contributed by atoms with Gasteiger partial charge in [0.2, 0.25) is 0 Å². The third kappa shape index (κ3) is 2.60. The van der Waals surface area contributed by atoms with Crippen molar-refractivity contribution in [1.29, 1.82) is 0 Å². The lowest BCUT2D eigenvalue weighted by Gasteiger charge is -2.01. The van der Waals surface area contributed by atoms with Crippen molar-refractivity contribution in [2.45, 2.75) is 0 Å². The van der Waals surface area contributed by atoms with Gasteiger partial charge in [-0.05, 0) is 12.1 Å². The number of carboxylic acids is 1. The average Bonchev–Trinajstić information content (AvgIpc) is 2.16. The summed E-state index contributed by atoms with van der Waals surface area (Å²) in [4.78, 5) is 10.5. The highest BCUT2D eigenvalue weighted by Gasteiger charge is 2.12. The van der Waals surface area contributed by atoms with Crippen molar-refractivity contribution in [3.8, 4) is 0 Å². The summed E-state index contributed by atoms with van der Waals surface area (Å²) in [5.74, 6) is -3.21. The molecule has 1 aromatic rings. The Balaban J connectivity index is 3.21. The van der Waals surface area contributed by atoms with Crippen molar-refractivity contribution in [2.75, 3.05) is 6.54 Å². The minimum absolute atomic E-state index is 0.152. The van der Waals surface area contributed by atoms with Gasteiger partial charge in [-0.25, -0.2) is 13.6 Å². The van der Waals surface area contributed by atoms with Crippen molar-refractivity contribution in [3.63, 3.8) is 0 Å². The summed E-state index contributed by atoms with van der Waals surface area (Å²) < 4.78 is 26.4. The molecule has 3 N–H and O–H groups in total. The molecular weight excluding hydrogens is 204 g/mol. The molecule has 0 atom stereocenters. The molecule has 5 heteroatoms. The van der Waals surface area contributed by atoms with Crippen LogP contribution in [0, 0.1) is 11.6 Å². The Bertz CT molecular complexity index is 393. The van der Waals surface area contributed by atoms with Gasteiger partial charge in [0.15, 0.2) is 0 Å². The maximum Gasteiger partial charge on any atom is 0.335 e. The first kappa shape index (κ1) is 11.3. The number of hydrogen-bond acceptors (Lipinski definition) is 2. The largest absolute Gasteiger partial charge is 0.478 e. The number of aromatic carboxylic acids is 1. The summed E-state index contributed by atoms with van der Waals surface area (Å²) in [6, 6.07) is 1.53. The third-order valence-corrected chi connectivity index (χ3v) is 1.75. The molecule has 0 bridgehead atoms. The summed E-state index contributed by atoms with van der Waals surface area (Å²) in [5, 5.41) is 8.53. The van der Waals surface area contributed by atoms with E-state index in [4.69, 9.17) is 10.8 Å². The Kier molecular flexibility index (Phi) is 3.51. The molecule has 0 radical (unpaired) electrons. The zero-order valence-corrected chi connectivity index (χ0v) is 7.71. The van der Waals surface area contributed by atoms with Crippen molar-refractivity contribution in [1.82, 2.24) is 0 Å². The van der Waals surface area contributed by atoms with Gasteiger partial charge >= 0.3 is 5.97 Å². The molecule has 0 aliphatic rings. The summed E-state index contributed by atoms with van der Waals surface area (Å²) in [5.41, 5.74) is 4.42. The second-order valence-electron chi connectivity index (χ2n) is 2.80. The smallest absolute Gasteiger partial charge is 0.335 e. The normalized spacial score (nSPS) is 10.9. The maximum atomic E-state index is 13.2. The fourth-order valence-electron chi connectivity index (χ4n) is 1.05. The Morgan fingerprint density at radius 3 is 2.33 bits per heavy atom. The van der Waals surface area contributed by atoms with Crippen LogP contribution in [-0.2, 0) is 0 Å². The molecule has 80 valence electrons. The predicted octanol–water partition coefficient (Wildman–Crippen LogP) is 1.63. The highest BCUT2D eigenvalue weighted by atomic mass is 19.1. The first-order valence-electron chi connectivity index (χ1n) is 4.15. The maximum absolute atomic E-state index is 13.2. The molecule has 1 aromatic carbocycles. The zero-order valence-electron chi connectivity index (χ0n) is 7.71. The minimum Gasteiger partial charge on any atom is -0.478 e. The van der Waals surface area contributed by atoms with E-state index in [1.807, 2.05) is 0 Å². The summed E-state index contributed by atoms with van der Waals surface area (Å²) in [6.45, 7) is 0.152. The van der Waals surface area contributed by atoms with Crippen molar-refractivity contribution in [3.05, 3.63) is 41.0 Å². The summed E-state index contributed by atoms with van der Waals surface area (Å²) in [7, 11) is 0. The highest BCUT2D eigenvalue weighted by molar-refractivity contribution is 5.88. The summed E-state index contributed by atoms with van der Waals surface area (Å²) in [6.07, 6.45) is 2.55. The van der Waals surface area contributed by atoms with E-state index in [1.54, 1.807) is 0 Å². The molecule has 0 aliphatic heterocycles. The van der Waals surface area contributed by atoms with Gasteiger partial charge in [0.25, 0.3) is 0 Å². The van der Waals surface area contributed by atoms with Crippen LogP contribution in [0.15, 0.2) is 18.2 Å². The van der Waals surface area contributed by atoms with E-state index in [0.717, 1.165) is 12.1 Å². The fourth-order valence-corrected chi connectivity index (χ4v) is 1.05. The van der Waals surface area contributed by atoms with Crippen LogP contribution in [0.1, 0.15) is 15.9 Å². The topological polar surface area (TPSA) is 63.3 Å². The lowest BCUT2D eigenvalue weighted by Crippen LogP contribution is -2.01. The second-order valence-corrected chi connectivity index (χ2v) is 2.80. The molecule has 0 amide bonds. The van der Waals surface area contributed by atoms with E-state index >= 15 is 0 Å². The molecule has 0 heterocycles. The first-order chi connectivity index (χ1) is 7.06. The Labute approximate surface area is 84.8 Å². The number of rotatable bonds is 3. The van der Waals surface area contributed by atoms with Crippen LogP contribution < -0.4 is 5.73 Å². The van der Waals surface area contributed by atoms with Gasteiger partial charge in [0.1, 0.15) is 11.6 Å². The van der Waals surface area contributed by atoms with Gasteiger partial charge in [0.05, 0.1) is 5.56 Å². The molecule has 3 nitrogen and oxygen atoms in total. The highest BCUT2D eigenvalue weighted by Crippen LogP contribution is 2.16. The van der Waals surface area contributed by atoms with Gasteiger partial charge in [-0.15, -0.1) is 0 Å². The monoisotopic (exact) mass is 213 g/mol. The van der Waals surface area contributed by atoms with Crippen molar-refractivity contribution < 1.29 is 18.7 Å². The SMILES string of the molecule is NC/C=C/c1c(F)cc(C(=O)O)cc1F. The molecule has 0 unspecified atom stereocenters. The van der Waals surface area contributed by atoms with Gasteiger partial charge in [-0.2, -0.15) is 0 Å². The lowest BCUT2D eigenvalue weighted by atomic mass is 10.1. The van der Waals surface area contributed by atoms with E-state index in [1.165, 1.54) is 12.2 Å². The fraction of sp³-hybridized carbons (Fsp3) is 0.100. The van der Waals surface area contributed by atoms with Crippen LogP contribution in [0.4, 0.5) is 8.78 Å². The van der Waals surface area contributed by atoms with Crippen molar-refractivity contribution in [2.24, 2.45) is 5.73 Å². The molecule has 0 saturated heterocycles. The van der Waals surface area contributed by atoms with Crippen LogP contribution in [-0.4, -0.2) is 17.6 Å². The zero-order chi connectivity index (χ0) is 11.4. The molecular formula is C10H9F2NO2. The average molecular weight is 213 g/mol. The number of carboxylic acid groups (broad SMARTS) is 1. The van der Waals surface area contributed by atoms with E-state index in [2.05, 4.69) is 0 Å². The van der Waals surface area contributed by atoms with Gasteiger partial charge in [-0.1, -0.05) is 12.2 Å². The summed E-state index contributed by atoms with van der Waals surface area (Å²) >= 11 is 0. The predicted molar refractivity (Wildman–Crippen MR) is 51.4 cm³/mol. The number of halogens is 2. The van der Waals surface area contributed by atoms with Crippen LogP contribution in [0.5, 0.6) is 0 Å². The van der Waals surface area contributed by atoms with E-state index < -0.39 is 23.2 Å². The van der Waals surface area contributed by atoms with Crippen LogP contribution in [0.3, 0.4) is 0 Å². The van der Waals surface area contributed by atoms with Crippen molar-refractivity contribution >= 4 is 12.0 Å². The number of hydrogen-bond donors (Lipinski definition) is 2. The molecule has 0 spiro atoms. The van der Waals surface area contributed by atoms with E-state index in [-0.39, 0.29) is 12.1 Å². The molecule has 0 aromatic heterocycles. The standard InChI is InChI=1S/C10H9F2NO2/c11-8-4-6(10(14)15)5-9(12)7(8)2-1-3-13/h1-2,4-5H,3,13H2,(H,14,15)/b2-1+.